The number of amides is 1. The van der Waals surface area contributed by atoms with E-state index in [1.54, 1.807) is 0 Å². The molecule has 5 rings (SSSR count). The van der Waals surface area contributed by atoms with Gasteiger partial charge in [-0.2, -0.15) is 0 Å². The smallest absolute Gasteiger partial charge is 0.238 e. The molecule has 0 saturated carbocycles. The topological polar surface area (TPSA) is 75.5 Å². The minimum absolute atomic E-state index is 0.0360. The maximum atomic E-state index is 12.8. The molecular weight excluding hydrogens is 392 g/mol. The van der Waals surface area contributed by atoms with Crippen molar-refractivity contribution in [2.75, 3.05) is 56.2 Å². The van der Waals surface area contributed by atoms with Gasteiger partial charge in [-0.3, -0.25) is 9.69 Å². The fraction of sp³-hybridized carbons (Fsp3) is 0.435. The van der Waals surface area contributed by atoms with E-state index in [4.69, 9.17) is 4.74 Å². The van der Waals surface area contributed by atoms with E-state index in [-0.39, 0.29) is 5.91 Å². The summed E-state index contributed by atoms with van der Waals surface area (Å²) >= 11 is 0. The number of piperidine rings is 1. The van der Waals surface area contributed by atoms with E-state index in [1.807, 2.05) is 42.9 Å². The SMILES string of the molecule is O=C(CN1CCC(n2cnc3cccnc32)CC1)Nc1ccccc1N1CCOCC1. The molecule has 2 fully saturated rings. The lowest BCUT2D eigenvalue weighted by atomic mass is 10.0. The number of aromatic nitrogens is 3. The van der Waals surface area contributed by atoms with Gasteiger partial charge in [0.25, 0.3) is 0 Å². The van der Waals surface area contributed by atoms with Crippen molar-refractivity contribution in [1.29, 1.82) is 0 Å². The number of nitrogens with one attached hydrogen (secondary N) is 1. The molecule has 2 aromatic heterocycles. The zero-order valence-electron chi connectivity index (χ0n) is 17.6. The Morgan fingerprint density at radius 3 is 2.68 bits per heavy atom. The highest BCUT2D eigenvalue weighted by Crippen LogP contribution is 2.27. The maximum Gasteiger partial charge on any atom is 0.238 e. The van der Waals surface area contributed by atoms with Crippen LogP contribution in [0.25, 0.3) is 11.2 Å². The Morgan fingerprint density at radius 2 is 1.84 bits per heavy atom. The first-order chi connectivity index (χ1) is 15.3. The zero-order chi connectivity index (χ0) is 21.0. The van der Waals surface area contributed by atoms with Crippen LogP contribution in [0.2, 0.25) is 0 Å². The summed E-state index contributed by atoms with van der Waals surface area (Å²) in [6.07, 6.45) is 5.68. The number of carbonyl (C=O) groups excluding carboxylic acids is 1. The standard InChI is InChI=1S/C23H28N6O2/c30-22(26-19-4-1-2-6-21(19)28-12-14-31-15-13-28)16-27-10-7-18(8-11-27)29-17-25-20-5-3-9-24-23(20)29/h1-6,9,17-18H,7-8,10-16H2,(H,26,30). The lowest BCUT2D eigenvalue weighted by Crippen LogP contribution is -2.40. The number of rotatable bonds is 5. The van der Waals surface area contributed by atoms with E-state index < -0.39 is 0 Å². The number of likely N-dealkylation sites (tertiary alicyclic amines) is 1. The Labute approximate surface area is 181 Å². The van der Waals surface area contributed by atoms with Gasteiger partial charge in [-0.05, 0) is 37.1 Å². The largest absolute Gasteiger partial charge is 0.378 e. The highest BCUT2D eigenvalue weighted by Gasteiger charge is 2.24. The molecule has 2 saturated heterocycles. The van der Waals surface area contributed by atoms with Crippen LogP contribution in [0, 0.1) is 0 Å². The van der Waals surface area contributed by atoms with Crippen LogP contribution in [0.1, 0.15) is 18.9 Å². The lowest BCUT2D eigenvalue weighted by Gasteiger charge is -2.32. The van der Waals surface area contributed by atoms with Gasteiger partial charge in [0.05, 0.1) is 37.5 Å². The average Bonchev–Trinajstić information content (AvgIpc) is 3.25. The monoisotopic (exact) mass is 420 g/mol. The number of hydrogen-bond donors (Lipinski definition) is 1. The highest BCUT2D eigenvalue weighted by molar-refractivity contribution is 5.95. The van der Waals surface area contributed by atoms with Gasteiger partial charge in [0, 0.05) is 38.4 Å². The summed E-state index contributed by atoms with van der Waals surface area (Å²) in [5.41, 5.74) is 3.82. The van der Waals surface area contributed by atoms with Crippen LogP contribution < -0.4 is 10.2 Å². The van der Waals surface area contributed by atoms with Crippen LogP contribution in [0.5, 0.6) is 0 Å². The third-order valence-electron chi connectivity index (χ3n) is 6.18. The minimum Gasteiger partial charge on any atom is -0.378 e. The fourth-order valence-corrected chi connectivity index (χ4v) is 4.54. The van der Waals surface area contributed by atoms with E-state index >= 15 is 0 Å². The van der Waals surface area contributed by atoms with Gasteiger partial charge in [0.2, 0.25) is 5.91 Å². The Balaban J connectivity index is 1.17. The van der Waals surface area contributed by atoms with Crippen LogP contribution in [-0.2, 0) is 9.53 Å². The first kappa shape index (κ1) is 20.0. The summed E-state index contributed by atoms with van der Waals surface area (Å²) in [6.45, 7) is 5.31. The highest BCUT2D eigenvalue weighted by atomic mass is 16.5. The number of morpholine rings is 1. The van der Waals surface area contributed by atoms with Crippen molar-refractivity contribution in [3.8, 4) is 0 Å². The Hall–Kier alpha value is -2.97. The molecule has 1 N–H and O–H groups in total. The van der Waals surface area contributed by atoms with Gasteiger partial charge < -0.3 is 19.5 Å². The molecule has 2 aliphatic rings. The van der Waals surface area contributed by atoms with Gasteiger partial charge in [0.1, 0.15) is 5.52 Å². The number of ether oxygens (including phenoxy) is 1. The normalized spacial score (nSPS) is 18.4. The summed E-state index contributed by atoms with van der Waals surface area (Å²) in [6, 6.07) is 12.3. The Morgan fingerprint density at radius 1 is 1.03 bits per heavy atom. The number of para-hydroxylation sites is 2. The molecule has 0 unspecified atom stereocenters. The van der Waals surface area contributed by atoms with E-state index in [0.29, 0.717) is 12.6 Å². The second-order valence-electron chi connectivity index (χ2n) is 8.17. The van der Waals surface area contributed by atoms with E-state index in [2.05, 4.69) is 35.7 Å². The second-order valence-corrected chi connectivity index (χ2v) is 8.17. The van der Waals surface area contributed by atoms with Gasteiger partial charge in [-0.1, -0.05) is 12.1 Å². The number of nitrogens with zero attached hydrogens (tertiary/aromatic N) is 5. The Kier molecular flexibility index (Phi) is 5.82. The number of benzene rings is 1. The zero-order valence-corrected chi connectivity index (χ0v) is 17.6. The number of imidazole rings is 1. The first-order valence-corrected chi connectivity index (χ1v) is 11.0. The predicted octanol–water partition coefficient (Wildman–Crippen LogP) is 2.54. The summed E-state index contributed by atoms with van der Waals surface area (Å²) in [4.78, 5) is 26.2. The van der Waals surface area contributed by atoms with Crippen molar-refractivity contribution < 1.29 is 9.53 Å². The summed E-state index contributed by atoms with van der Waals surface area (Å²) < 4.78 is 7.64. The van der Waals surface area contributed by atoms with Crippen LogP contribution >= 0.6 is 0 Å². The molecule has 8 heteroatoms. The van der Waals surface area contributed by atoms with Crippen LogP contribution in [0.15, 0.2) is 48.9 Å². The molecule has 0 spiro atoms. The second kappa shape index (κ2) is 9.03. The Bertz CT molecular complexity index is 1040. The molecule has 0 atom stereocenters. The average molecular weight is 421 g/mol. The van der Waals surface area contributed by atoms with Crippen LogP contribution in [0.4, 0.5) is 11.4 Å². The summed E-state index contributed by atoms with van der Waals surface area (Å²) in [7, 11) is 0. The molecular formula is C23H28N6O2. The van der Waals surface area contributed by atoms with E-state index in [1.165, 1.54) is 0 Å². The molecule has 0 bridgehead atoms. The molecule has 3 aromatic rings. The lowest BCUT2D eigenvalue weighted by molar-refractivity contribution is -0.117. The van der Waals surface area contributed by atoms with Gasteiger partial charge >= 0.3 is 0 Å². The van der Waals surface area contributed by atoms with Crippen molar-refractivity contribution in [1.82, 2.24) is 19.4 Å². The van der Waals surface area contributed by atoms with Crippen molar-refractivity contribution in [2.24, 2.45) is 0 Å². The molecule has 4 heterocycles. The maximum absolute atomic E-state index is 12.8. The van der Waals surface area contributed by atoms with E-state index in [9.17, 15) is 4.79 Å². The molecule has 8 nitrogen and oxygen atoms in total. The number of carbonyl (C=O) groups is 1. The van der Waals surface area contributed by atoms with E-state index in [0.717, 1.165) is 74.8 Å². The molecule has 0 aliphatic carbocycles. The summed E-state index contributed by atoms with van der Waals surface area (Å²) in [5.74, 6) is 0.0360. The minimum atomic E-state index is 0.0360. The van der Waals surface area contributed by atoms with Crippen molar-refractivity contribution >= 4 is 28.4 Å². The molecule has 1 aromatic carbocycles. The van der Waals surface area contributed by atoms with Crippen LogP contribution in [-0.4, -0.2) is 71.3 Å². The molecule has 31 heavy (non-hydrogen) atoms. The molecule has 1 amide bonds. The molecule has 0 radical (unpaired) electrons. The number of hydrogen-bond acceptors (Lipinski definition) is 6. The number of fused-ring (bicyclic) bond motifs is 1. The molecule has 2 aliphatic heterocycles. The van der Waals surface area contributed by atoms with Gasteiger partial charge in [0.15, 0.2) is 5.65 Å². The van der Waals surface area contributed by atoms with Crippen molar-refractivity contribution in [3.05, 3.63) is 48.9 Å². The molecule has 162 valence electrons. The van der Waals surface area contributed by atoms with Crippen molar-refractivity contribution in [3.63, 3.8) is 0 Å². The third kappa shape index (κ3) is 4.40. The van der Waals surface area contributed by atoms with Gasteiger partial charge in [-0.25, -0.2) is 9.97 Å². The number of anilines is 2. The van der Waals surface area contributed by atoms with Gasteiger partial charge in [-0.15, -0.1) is 0 Å². The van der Waals surface area contributed by atoms with Crippen LogP contribution in [0.3, 0.4) is 0 Å². The first-order valence-electron chi connectivity index (χ1n) is 11.0. The third-order valence-corrected chi connectivity index (χ3v) is 6.18. The quantitative estimate of drug-likeness (QED) is 0.684. The number of pyridine rings is 1. The fourth-order valence-electron chi connectivity index (χ4n) is 4.54. The predicted molar refractivity (Wildman–Crippen MR) is 120 cm³/mol. The van der Waals surface area contributed by atoms with Crippen molar-refractivity contribution in [2.45, 2.75) is 18.9 Å². The summed E-state index contributed by atoms with van der Waals surface area (Å²) in [5, 5.41) is 3.13.